The molecule has 33 heavy (non-hydrogen) atoms. The molecule has 2 aromatic carbocycles. The molecule has 0 aliphatic heterocycles. The first-order valence-corrected chi connectivity index (χ1v) is 10.0. The lowest BCUT2D eigenvalue weighted by molar-refractivity contribution is 0.307. The first kappa shape index (κ1) is 21.6. The Labute approximate surface area is 189 Å². The first-order chi connectivity index (χ1) is 16.0. The van der Waals surface area contributed by atoms with Crippen LogP contribution in [-0.2, 0) is 6.54 Å². The van der Waals surface area contributed by atoms with Gasteiger partial charge in [-0.1, -0.05) is 29.5 Å². The van der Waals surface area contributed by atoms with E-state index in [1.807, 2.05) is 42.5 Å². The van der Waals surface area contributed by atoms with Crippen molar-refractivity contribution >= 4 is 23.6 Å². The smallest absolute Gasteiger partial charge is 0.267 e. The van der Waals surface area contributed by atoms with Crippen LogP contribution in [0.15, 0.2) is 81.1 Å². The van der Waals surface area contributed by atoms with Gasteiger partial charge >= 0.3 is 0 Å². The zero-order valence-electron chi connectivity index (χ0n) is 18.2. The highest BCUT2D eigenvalue weighted by Crippen LogP contribution is 2.27. The van der Waals surface area contributed by atoms with Gasteiger partial charge in [0.15, 0.2) is 0 Å². The summed E-state index contributed by atoms with van der Waals surface area (Å²) >= 11 is 0. The van der Waals surface area contributed by atoms with Gasteiger partial charge in [-0.2, -0.15) is 0 Å². The third-order valence-corrected chi connectivity index (χ3v) is 5.02. The number of rotatable bonds is 7. The van der Waals surface area contributed by atoms with Crippen molar-refractivity contribution in [2.24, 2.45) is 15.5 Å². The van der Waals surface area contributed by atoms with Crippen LogP contribution in [0, 0.1) is 0 Å². The maximum absolute atomic E-state index is 13.3. The van der Waals surface area contributed by atoms with Crippen LogP contribution in [0.3, 0.4) is 0 Å². The SMILES string of the molecule is C=N/N=N\N(C)Cc1cc(-c2ccc3nc(N)n(-c4ccccc4)c(=O)c3c2)cnc1OC. The fraction of sp³-hybridized carbons (Fsp3) is 0.130. The van der Waals surface area contributed by atoms with Crippen LogP contribution in [0.25, 0.3) is 27.7 Å². The highest BCUT2D eigenvalue weighted by molar-refractivity contribution is 5.85. The average molecular weight is 442 g/mol. The van der Waals surface area contributed by atoms with Gasteiger partial charge in [0, 0.05) is 31.1 Å². The number of nitrogens with zero attached hydrogens (tertiary/aromatic N) is 7. The molecule has 10 heteroatoms. The van der Waals surface area contributed by atoms with Gasteiger partial charge in [-0.25, -0.2) is 14.5 Å². The van der Waals surface area contributed by atoms with Crippen LogP contribution in [0.5, 0.6) is 5.88 Å². The predicted octanol–water partition coefficient (Wildman–Crippen LogP) is 3.45. The molecule has 0 spiro atoms. The average Bonchev–Trinajstić information content (AvgIpc) is 2.83. The van der Waals surface area contributed by atoms with Gasteiger partial charge in [-0.05, 0) is 41.1 Å². The Morgan fingerprint density at radius 1 is 1.15 bits per heavy atom. The lowest BCUT2D eigenvalue weighted by Gasteiger charge is -2.15. The largest absolute Gasteiger partial charge is 0.481 e. The molecule has 0 aliphatic rings. The molecule has 2 aromatic heterocycles. The van der Waals surface area contributed by atoms with Gasteiger partial charge in [0.25, 0.3) is 5.56 Å². The summed E-state index contributed by atoms with van der Waals surface area (Å²) in [5, 5.41) is 12.8. The third kappa shape index (κ3) is 4.40. The van der Waals surface area contributed by atoms with Gasteiger partial charge in [0.2, 0.25) is 11.8 Å². The number of fused-ring (bicyclic) bond motifs is 1. The quantitative estimate of drug-likeness (QED) is 0.266. The number of nitrogen functional groups attached to an aromatic ring is 1. The molecule has 4 aromatic rings. The Kier molecular flexibility index (Phi) is 6.07. The van der Waals surface area contributed by atoms with Crippen LogP contribution < -0.4 is 16.0 Å². The molecule has 0 bridgehead atoms. The molecule has 166 valence electrons. The molecule has 0 atom stereocenters. The molecule has 10 nitrogen and oxygen atoms in total. The van der Waals surface area contributed by atoms with Crippen molar-refractivity contribution in [1.29, 1.82) is 0 Å². The molecule has 0 radical (unpaired) electrons. The molecule has 4 rings (SSSR count). The topological polar surface area (TPSA) is 123 Å². The molecule has 2 N–H and O–H groups in total. The second-order valence-electron chi connectivity index (χ2n) is 7.21. The monoisotopic (exact) mass is 442 g/mol. The molecule has 0 aliphatic carbocycles. The molecule has 0 fully saturated rings. The number of ether oxygens (including phenoxy) is 1. The second-order valence-corrected chi connectivity index (χ2v) is 7.21. The second kappa shape index (κ2) is 9.27. The van der Waals surface area contributed by atoms with E-state index < -0.39 is 0 Å². The predicted molar refractivity (Wildman–Crippen MR) is 127 cm³/mol. The molecule has 0 unspecified atom stereocenters. The van der Waals surface area contributed by atoms with Crippen molar-refractivity contribution in [3.8, 4) is 22.7 Å². The highest BCUT2D eigenvalue weighted by Gasteiger charge is 2.14. The molecule has 0 saturated heterocycles. The van der Waals surface area contributed by atoms with Gasteiger partial charge in [0.05, 0.1) is 30.2 Å². The van der Waals surface area contributed by atoms with Crippen molar-refractivity contribution in [1.82, 2.24) is 19.5 Å². The summed E-state index contributed by atoms with van der Waals surface area (Å²) in [5.41, 5.74) is 9.43. The van der Waals surface area contributed by atoms with E-state index in [1.54, 1.807) is 37.5 Å². The normalized spacial score (nSPS) is 11.1. The van der Waals surface area contributed by atoms with E-state index in [-0.39, 0.29) is 11.5 Å². The van der Waals surface area contributed by atoms with Crippen molar-refractivity contribution in [3.63, 3.8) is 0 Å². The highest BCUT2D eigenvalue weighted by atomic mass is 16.5. The Hall–Kier alpha value is -4.60. The Morgan fingerprint density at radius 3 is 2.67 bits per heavy atom. The van der Waals surface area contributed by atoms with E-state index in [0.29, 0.717) is 29.0 Å². The summed E-state index contributed by atoms with van der Waals surface area (Å²) in [5.74, 6) is 0.597. The number of benzene rings is 2. The minimum Gasteiger partial charge on any atom is -0.481 e. The van der Waals surface area contributed by atoms with E-state index in [1.165, 1.54) is 4.57 Å². The van der Waals surface area contributed by atoms with E-state index in [2.05, 4.69) is 32.2 Å². The number of anilines is 1. The summed E-state index contributed by atoms with van der Waals surface area (Å²) in [4.78, 5) is 22.1. The van der Waals surface area contributed by atoms with E-state index >= 15 is 0 Å². The standard InChI is InChI=1S/C23H22N8O2/c1-25-28-29-30(2)14-17-11-16(13-26-21(17)33-3)15-9-10-20-19(12-15)22(32)31(23(24)27-20)18-7-5-4-6-8-18/h4-13H,1,14H2,2-3H3,(H2,24,27)/b29-28-. The van der Waals surface area contributed by atoms with Gasteiger partial charge in [0.1, 0.15) is 0 Å². The van der Waals surface area contributed by atoms with Crippen molar-refractivity contribution in [3.05, 3.63) is 76.7 Å². The van der Waals surface area contributed by atoms with Crippen LogP contribution in [0.2, 0.25) is 0 Å². The van der Waals surface area contributed by atoms with Crippen LogP contribution >= 0.6 is 0 Å². The Morgan fingerprint density at radius 2 is 1.94 bits per heavy atom. The van der Waals surface area contributed by atoms with E-state index in [9.17, 15) is 4.79 Å². The minimum atomic E-state index is -0.246. The van der Waals surface area contributed by atoms with Crippen LogP contribution in [-0.4, -0.2) is 40.4 Å². The fourth-order valence-corrected chi connectivity index (χ4v) is 3.54. The third-order valence-electron chi connectivity index (χ3n) is 5.02. The number of methoxy groups -OCH3 is 1. The summed E-state index contributed by atoms with van der Waals surface area (Å²) in [7, 11) is 3.30. The number of aromatic nitrogens is 3. The summed E-state index contributed by atoms with van der Waals surface area (Å²) in [6, 6.07) is 16.6. The molecular formula is C23H22N8O2. The first-order valence-electron chi connectivity index (χ1n) is 10.0. The maximum atomic E-state index is 13.3. The van der Waals surface area contributed by atoms with E-state index in [4.69, 9.17) is 10.5 Å². The fourth-order valence-electron chi connectivity index (χ4n) is 3.54. The van der Waals surface area contributed by atoms with Crippen molar-refractivity contribution in [2.75, 3.05) is 19.9 Å². The number of hydrogen-bond acceptors (Lipinski definition) is 7. The molecule has 2 heterocycles. The molecular weight excluding hydrogens is 420 g/mol. The number of pyridine rings is 1. The number of para-hydroxylation sites is 1. The van der Waals surface area contributed by atoms with Crippen LogP contribution in [0.4, 0.5) is 5.95 Å². The summed E-state index contributed by atoms with van der Waals surface area (Å²) in [6.45, 7) is 3.66. The maximum Gasteiger partial charge on any atom is 0.267 e. The summed E-state index contributed by atoms with van der Waals surface area (Å²) in [6.07, 6.45) is 1.69. The summed E-state index contributed by atoms with van der Waals surface area (Å²) < 4.78 is 6.79. The molecule has 0 saturated carbocycles. The Balaban J connectivity index is 1.80. The van der Waals surface area contributed by atoms with Gasteiger partial charge in [-0.3, -0.25) is 9.80 Å². The van der Waals surface area contributed by atoms with Crippen molar-refractivity contribution in [2.45, 2.75) is 6.54 Å². The molecule has 0 amide bonds. The zero-order valence-corrected chi connectivity index (χ0v) is 18.2. The van der Waals surface area contributed by atoms with Gasteiger partial charge in [-0.15, -0.1) is 5.10 Å². The number of hydrogen-bond donors (Lipinski definition) is 1. The zero-order chi connectivity index (χ0) is 23.4. The minimum absolute atomic E-state index is 0.131. The van der Waals surface area contributed by atoms with Crippen molar-refractivity contribution < 1.29 is 4.74 Å². The lowest BCUT2D eigenvalue weighted by Crippen LogP contribution is -2.23. The Bertz CT molecular complexity index is 1400. The van der Waals surface area contributed by atoms with Crippen LogP contribution in [0.1, 0.15) is 5.56 Å². The lowest BCUT2D eigenvalue weighted by atomic mass is 10.0. The number of nitrogens with two attached hydrogens (primary N) is 1. The van der Waals surface area contributed by atoms with Gasteiger partial charge < -0.3 is 10.5 Å². The van der Waals surface area contributed by atoms with E-state index in [0.717, 1.165) is 16.7 Å².